The zero-order valence-corrected chi connectivity index (χ0v) is 10.8. The van der Waals surface area contributed by atoms with Crippen molar-refractivity contribution in [2.24, 2.45) is 11.8 Å². The Labute approximate surface area is 98.7 Å². The topological polar surface area (TPSA) is 37.3 Å². The molecule has 1 rings (SSSR count). The third-order valence-electron chi connectivity index (χ3n) is 3.30. The summed E-state index contributed by atoms with van der Waals surface area (Å²) in [6.45, 7) is 6.64. The molecule has 0 heterocycles. The summed E-state index contributed by atoms with van der Waals surface area (Å²) >= 11 is 0. The number of carbonyl (C=O) groups excluding carboxylic acids is 1. The number of ketones is 1. The van der Waals surface area contributed by atoms with Gasteiger partial charge < -0.3 is 5.11 Å². The molecule has 0 saturated carbocycles. The van der Waals surface area contributed by atoms with E-state index in [0.717, 1.165) is 18.8 Å². The third kappa shape index (κ3) is 3.99. The van der Waals surface area contributed by atoms with Crippen molar-refractivity contribution in [3.8, 4) is 0 Å². The molecule has 1 aliphatic rings. The van der Waals surface area contributed by atoms with E-state index in [2.05, 4.69) is 20.8 Å². The Balaban J connectivity index is 2.31. The van der Waals surface area contributed by atoms with Crippen molar-refractivity contribution in [2.75, 3.05) is 0 Å². The highest BCUT2D eigenvalue weighted by atomic mass is 16.3. The van der Waals surface area contributed by atoms with Crippen LogP contribution in [0.3, 0.4) is 0 Å². The standard InChI is InChI=1S/C14H24O2/c1-10(2)5-4-6-11(3)9-12-13(15)7-8-14(12)16/h10-11,15H,4-9H2,1-3H3. The highest BCUT2D eigenvalue weighted by Gasteiger charge is 2.23. The Kier molecular flexibility index (Phi) is 5.04. The van der Waals surface area contributed by atoms with E-state index >= 15 is 0 Å². The number of aliphatic hydroxyl groups is 1. The molecule has 1 N–H and O–H groups in total. The lowest BCUT2D eigenvalue weighted by molar-refractivity contribution is -0.115. The molecule has 1 aliphatic carbocycles. The van der Waals surface area contributed by atoms with Gasteiger partial charge in [0.1, 0.15) is 0 Å². The van der Waals surface area contributed by atoms with Gasteiger partial charge in [-0.05, 0) is 18.3 Å². The fourth-order valence-corrected chi connectivity index (χ4v) is 2.25. The van der Waals surface area contributed by atoms with Crippen molar-refractivity contribution < 1.29 is 9.90 Å². The zero-order chi connectivity index (χ0) is 12.1. The maximum Gasteiger partial charge on any atom is 0.162 e. The van der Waals surface area contributed by atoms with Gasteiger partial charge in [0.05, 0.1) is 5.76 Å². The molecule has 0 saturated heterocycles. The number of carbonyl (C=O) groups is 1. The third-order valence-corrected chi connectivity index (χ3v) is 3.30. The monoisotopic (exact) mass is 224 g/mol. The predicted molar refractivity (Wildman–Crippen MR) is 66.4 cm³/mol. The van der Waals surface area contributed by atoms with Crippen molar-refractivity contribution in [1.82, 2.24) is 0 Å². The summed E-state index contributed by atoms with van der Waals surface area (Å²) < 4.78 is 0. The van der Waals surface area contributed by atoms with Crippen LogP contribution in [0.4, 0.5) is 0 Å². The van der Waals surface area contributed by atoms with E-state index in [1.165, 1.54) is 12.8 Å². The Morgan fingerprint density at radius 3 is 2.38 bits per heavy atom. The fourth-order valence-electron chi connectivity index (χ4n) is 2.25. The van der Waals surface area contributed by atoms with E-state index < -0.39 is 0 Å². The van der Waals surface area contributed by atoms with Crippen LogP contribution in [0.15, 0.2) is 11.3 Å². The number of hydrogen-bond donors (Lipinski definition) is 1. The van der Waals surface area contributed by atoms with Gasteiger partial charge in [-0.2, -0.15) is 0 Å². The summed E-state index contributed by atoms with van der Waals surface area (Å²) in [5.74, 6) is 1.78. The molecule has 0 radical (unpaired) electrons. The molecule has 0 aliphatic heterocycles. The smallest absolute Gasteiger partial charge is 0.162 e. The SMILES string of the molecule is CC(C)CCCC(C)CC1=C(O)CCC1=O. The Morgan fingerprint density at radius 1 is 1.19 bits per heavy atom. The van der Waals surface area contributed by atoms with Crippen LogP contribution in [0.1, 0.15) is 59.3 Å². The molecule has 0 spiro atoms. The molecule has 0 aromatic carbocycles. The second-order valence-corrected chi connectivity index (χ2v) is 5.48. The second-order valence-electron chi connectivity index (χ2n) is 5.48. The number of rotatable bonds is 6. The van der Waals surface area contributed by atoms with Gasteiger partial charge in [0.2, 0.25) is 0 Å². The molecule has 92 valence electrons. The summed E-state index contributed by atoms with van der Waals surface area (Å²) in [6.07, 6.45) is 5.47. The molecule has 0 fully saturated rings. The first-order valence-electron chi connectivity index (χ1n) is 6.45. The summed E-state index contributed by atoms with van der Waals surface area (Å²) in [7, 11) is 0. The number of hydrogen-bond acceptors (Lipinski definition) is 2. The van der Waals surface area contributed by atoms with Crippen molar-refractivity contribution in [3.05, 3.63) is 11.3 Å². The van der Waals surface area contributed by atoms with Crippen molar-refractivity contribution in [3.63, 3.8) is 0 Å². The lowest BCUT2D eigenvalue weighted by atomic mass is 9.93. The van der Waals surface area contributed by atoms with E-state index in [0.29, 0.717) is 30.1 Å². The minimum Gasteiger partial charge on any atom is -0.512 e. The molecule has 0 bridgehead atoms. The fraction of sp³-hybridized carbons (Fsp3) is 0.786. The molecule has 1 atom stereocenters. The van der Waals surface area contributed by atoms with Gasteiger partial charge in [0.25, 0.3) is 0 Å². The largest absolute Gasteiger partial charge is 0.512 e. The van der Waals surface area contributed by atoms with Crippen LogP contribution >= 0.6 is 0 Å². The molecule has 1 unspecified atom stereocenters. The molecular formula is C14H24O2. The highest BCUT2D eigenvalue weighted by molar-refractivity contribution is 5.98. The van der Waals surface area contributed by atoms with Gasteiger partial charge in [0, 0.05) is 18.4 Å². The summed E-state index contributed by atoms with van der Waals surface area (Å²) in [4.78, 5) is 11.5. The maximum atomic E-state index is 11.5. The van der Waals surface area contributed by atoms with Crippen LogP contribution in [0.2, 0.25) is 0 Å². The molecule has 2 heteroatoms. The second kappa shape index (κ2) is 6.07. The van der Waals surface area contributed by atoms with Crippen LogP contribution in [-0.2, 0) is 4.79 Å². The van der Waals surface area contributed by atoms with Gasteiger partial charge >= 0.3 is 0 Å². The van der Waals surface area contributed by atoms with E-state index in [1.54, 1.807) is 0 Å². The Morgan fingerprint density at radius 2 is 1.88 bits per heavy atom. The summed E-state index contributed by atoms with van der Waals surface area (Å²) in [5, 5.41) is 9.58. The van der Waals surface area contributed by atoms with Gasteiger partial charge in [-0.15, -0.1) is 0 Å². The zero-order valence-electron chi connectivity index (χ0n) is 10.8. The molecule has 0 aromatic heterocycles. The average molecular weight is 224 g/mol. The first-order valence-corrected chi connectivity index (χ1v) is 6.45. The quantitative estimate of drug-likeness (QED) is 0.740. The summed E-state index contributed by atoms with van der Waals surface area (Å²) in [5.41, 5.74) is 0.706. The van der Waals surface area contributed by atoms with Crippen LogP contribution in [0, 0.1) is 11.8 Å². The maximum absolute atomic E-state index is 11.5. The Bertz CT molecular complexity index is 276. The average Bonchev–Trinajstić information content (AvgIpc) is 2.49. The minimum atomic E-state index is 0.160. The summed E-state index contributed by atoms with van der Waals surface area (Å²) in [6, 6.07) is 0. The molecule has 16 heavy (non-hydrogen) atoms. The van der Waals surface area contributed by atoms with E-state index in [4.69, 9.17) is 0 Å². The van der Waals surface area contributed by atoms with Gasteiger partial charge in [-0.1, -0.05) is 40.0 Å². The highest BCUT2D eigenvalue weighted by Crippen LogP contribution is 2.28. The van der Waals surface area contributed by atoms with Crippen LogP contribution < -0.4 is 0 Å². The van der Waals surface area contributed by atoms with Gasteiger partial charge in [-0.3, -0.25) is 4.79 Å². The first-order chi connectivity index (χ1) is 7.50. The number of aliphatic hydroxyl groups excluding tert-OH is 1. The molecular weight excluding hydrogens is 200 g/mol. The van der Waals surface area contributed by atoms with Crippen molar-refractivity contribution >= 4 is 5.78 Å². The van der Waals surface area contributed by atoms with E-state index in [-0.39, 0.29) is 5.78 Å². The lowest BCUT2D eigenvalue weighted by Gasteiger charge is -2.12. The minimum absolute atomic E-state index is 0.160. The van der Waals surface area contributed by atoms with E-state index in [1.807, 2.05) is 0 Å². The lowest BCUT2D eigenvalue weighted by Crippen LogP contribution is -2.04. The van der Waals surface area contributed by atoms with Crippen LogP contribution in [0.25, 0.3) is 0 Å². The van der Waals surface area contributed by atoms with Gasteiger partial charge in [-0.25, -0.2) is 0 Å². The van der Waals surface area contributed by atoms with Crippen LogP contribution in [0.5, 0.6) is 0 Å². The molecule has 2 nitrogen and oxygen atoms in total. The number of Topliss-reactive ketones (excluding diaryl/α,β-unsaturated/α-hetero) is 1. The molecule has 0 aromatic rings. The predicted octanol–water partition coefficient (Wildman–Crippen LogP) is 4.01. The van der Waals surface area contributed by atoms with Crippen molar-refractivity contribution in [2.45, 2.75) is 59.3 Å². The van der Waals surface area contributed by atoms with Crippen LogP contribution in [-0.4, -0.2) is 10.9 Å². The molecule has 0 amide bonds. The van der Waals surface area contributed by atoms with Crippen molar-refractivity contribution in [1.29, 1.82) is 0 Å². The van der Waals surface area contributed by atoms with E-state index in [9.17, 15) is 9.90 Å². The Hall–Kier alpha value is -0.790. The first kappa shape index (κ1) is 13.3. The van der Waals surface area contributed by atoms with Gasteiger partial charge in [0.15, 0.2) is 5.78 Å². The number of allylic oxidation sites excluding steroid dienone is 2. The normalized spacial score (nSPS) is 18.6.